The number of hydrogen-bond donors (Lipinski definition) is 0. The summed E-state index contributed by atoms with van der Waals surface area (Å²) in [6.45, 7) is 0. The molecule has 3 heterocycles. The molecule has 0 saturated heterocycles. The van der Waals surface area contributed by atoms with Crippen molar-refractivity contribution in [3.05, 3.63) is 76.9 Å². The molecule has 0 atom stereocenters. The molecule has 0 aliphatic carbocycles. The van der Waals surface area contributed by atoms with Crippen LogP contribution in [0.4, 0.5) is 0 Å². The van der Waals surface area contributed by atoms with Gasteiger partial charge < -0.3 is 4.42 Å². The summed E-state index contributed by atoms with van der Waals surface area (Å²) in [5.74, 6) is 1.12. The topological polar surface area (TPSA) is 73.3 Å². The maximum Gasteiger partial charge on any atom is 0.336 e. The number of aromatic nitrogens is 4. The average molecular weight is 360 g/mol. The fourth-order valence-corrected chi connectivity index (χ4v) is 3.86. The predicted octanol–water partition coefficient (Wildman–Crippen LogP) is 3.68. The zero-order valence-electron chi connectivity index (χ0n) is 13.5. The van der Waals surface area contributed by atoms with E-state index in [4.69, 9.17) is 4.42 Å². The van der Waals surface area contributed by atoms with Crippen LogP contribution in [0.1, 0.15) is 5.56 Å². The molecule has 0 aliphatic heterocycles. The average Bonchev–Trinajstić information content (AvgIpc) is 3.08. The minimum atomic E-state index is -0.354. The lowest BCUT2D eigenvalue weighted by Gasteiger charge is -2.07. The van der Waals surface area contributed by atoms with Crippen LogP contribution in [0.15, 0.2) is 75.3 Å². The highest BCUT2D eigenvalue weighted by Crippen LogP contribution is 2.30. The van der Waals surface area contributed by atoms with Crippen molar-refractivity contribution in [2.75, 3.05) is 0 Å². The van der Waals surface area contributed by atoms with Gasteiger partial charge in [0.25, 0.3) is 5.78 Å². The molecule has 5 rings (SSSR count). The Morgan fingerprint density at radius 1 is 1.12 bits per heavy atom. The molecule has 5 aromatic rings. The van der Waals surface area contributed by atoms with Gasteiger partial charge >= 0.3 is 5.63 Å². The van der Waals surface area contributed by atoms with Gasteiger partial charge in [0.15, 0.2) is 0 Å². The number of fused-ring (bicyclic) bond motifs is 4. The standard InChI is InChI=1S/C19H12N4O2S/c24-16-10-13(11-26-19-21-18-20-8-3-9-23(18)22-19)17-14-5-2-1-4-12(14)6-7-15(17)25-16/h1-10H,11H2. The highest BCUT2D eigenvalue weighted by Gasteiger charge is 2.12. The zero-order valence-corrected chi connectivity index (χ0v) is 14.3. The van der Waals surface area contributed by atoms with Gasteiger partial charge in [0.05, 0.1) is 0 Å². The van der Waals surface area contributed by atoms with Gasteiger partial charge in [-0.2, -0.15) is 4.98 Å². The van der Waals surface area contributed by atoms with Crippen molar-refractivity contribution >= 4 is 39.3 Å². The summed E-state index contributed by atoms with van der Waals surface area (Å²) in [4.78, 5) is 20.5. The Morgan fingerprint density at radius 2 is 2.04 bits per heavy atom. The Kier molecular flexibility index (Phi) is 3.46. The van der Waals surface area contributed by atoms with Crippen LogP contribution in [0.25, 0.3) is 27.5 Å². The Morgan fingerprint density at radius 3 is 2.96 bits per heavy atom. The lowest BCUT2D eigenvalue weighted by atomic mass is 10.0. The molecule has 6 nitrogen and oxygen atoms in total. The molecule has 0 saturated carbocycles. The molecule has 0 radical (unpaired) electrons. The number of rotatable bonds is 3. The molecule has 7 heteroatoms. The van der Waals surface area contributed by atoms with E-state index in [9.17, 15) is 4.79 Å². The van der Waals surface area contributed by atoms with Gasteiger partial charge in [-0.05, 0) is 28.5 Å². The smallest absolute Gasteiger partial charge is 0.336 e. The van der Waals surface area contributed by atoms with Crippen molar-refractivity contribution in [2.45, 2.75) is 10.9 Å². The second kappa shape index (κ2) is 5.96. The van der Waals surface area contributed by atoms with Gasteiger partial charge in [0.2, 0.25) is 5.16 Å². The number of benzene rings is 2. The van der Waals surface area contributed by atoms with Gasteiger partial charge in [0.1, 0.15) is 5.58 Å². The molecule has 26 heavy (non-hydrogen) atoms. The van der Waals surface area contributed by atoms with Crippen LogP contribution < -0.4 is 5.63 Å². The highest BCUT2D eigenvalue weighted by atomic mass is 32.2. The molecule has 0 spiro atoms. The van der Waals surface area contributed by atoms with E-state index in [2.05, 4.69) is 15.1 Å². The van der Waals surface area contributed by atoms with E-state index in [1.54, 1.807) is 29.0 Å². The van der Waals surface area contributed by atoms with Gasteiger partial charge in [-0.15, -0.1) is 5.10 Å². The molecule has 3 aromatic heterocycles. The van der Waals surface area contributed by atoms with Crippen LogP contribution in [0.5, 0.6) is 0 Å². The molecule has 0 amide bonds. The Labute approximate surface area is 151 Å². The van der Waals surface area contributed by atoms with Crippen LogP contribution in [0.3, 0.4) is 0 Å². The van der Waals surface area contributed by atoms with Gasteiger partial charge in [0, 0.05) is 29.6 Å². The van der Waals surface area contributed by atoms with Crippen LogP contribution >= 0.6 is 11.8 Å². The Bertz CT molecular complexity index is 1290. The molecule has 126 valence electrons. The van der Waals surface area contributed by atoms with Gasteiger partial charge in [-0.1, -0.05) is 42.1 Å². The molecule has 0 N–H and O–H groups in total. The van der Waals surface area contributed by atoms with Crippen LogP contribution in [0, 0.1) is 0 Å². The first kappa shape index (κ1) is 15.1. The minimum Gasteiger partial charge on any atom is -0.423 e. The van der Waals surface area contributed by atoms with E-state index in [0.29, 0.717) is 22.3 Å². The molecule has 0 fully saturated rings. The Hall–Kier alpha value is -3.19. The number of nitrogens with zero attached hydrogens (tertiary/aromatic N) is 4. The first-order valence-electron chi connectivity index (χ1n) is 8.03. The second-order valence-electron chi connectivity index (χ2n) is 5.80. The summed E-state index contributed by atoms with van der Waals surface area (Å²) >= 11 is 1.47. The van der Waals surface area contributed by atoms with Crippen molar-refractivity contribution in [1.82, 2.24) is 19.6 Å². The van der Waals surface area contributed by atoms with Crippen LogP contribution in [0.2, 0.25) is 0 Å². The molecular formula is C19H12N4O2S. The van der Waals surface area contributed by atoms with E-state index in [0.717, 1.165) is 21.7 Å². The van der Waals surface area contributed by atoms with Crippen molar-refractivity contribution in [3.8, 4) is 0 Å². The largest absolute Gasteiger partial charge is 0.423 e. The Balaban J connectivity index is 1.61. The van der Waals surface area contributed by atoms with Crippen molar-refractivity contribution < 1.29 is 4.42 Å². The van der Waals surface area contributed by atoms with Crippen molar-refractivity contribution in [2.24, 2.45) is 0 Å². The monoisotopic (exact) mass is 360 g/mol. The normalized spacial score (nSPS) is 11.5. The van der Waals surface area contributed by atoms with Crippen molar-refractivity contribution in [3.63, 3.8) is 0 Å². The minimum absolute atomic E-state index is 0.354. The number of thioether (sulfide) groups is 1. The summed E-state index contributed by atoms with van der Waals surface area (Å²) in [6, 6.07) is 15.2. The lowest BCUT2D eigenvalue weighted by molar-refractivity contribution is 0.560. The zero-order chi connectivity index (χ0) is 17.5. The third kappa shape index (κ3) is 2.53. The lowest BCUT2D eigenvalue weighted by Crippen LogP contribution is -2.00. The highest BCUT2D eigenvalue weighted by molar-refractivity contribution is 7.98. The summed E-state index contributed by atoms with van der Waals surface area (Å²) < 4.78 is 7.03. The van der Waals surface area contributed by atoms with E-state index >= 15 is 0 Å². The van der Waals surface area contributed by atoms with Crippen LogP contribution in [-0.2, 0) is 5.75 Å². The summed E-state index contributed by atoms with van der Waals surface area (Å²) in [5, 5.41) is 8.14. The maximum absolute atomic E-state index is 12.0. The molecule has 0 bridgehead atoms. The molecule has 2 aromatic carbocycles. The first-order chi connectivity index (χ1) is 12.8. The van der Waals surface area contributed by atoms with E-state index < -0.39 is 0 Å². The fourth-order valence-electron chi connectivity index (χ4n) is 3.05. The van der Waals surface area contributed by atoms with E-state index in [-0.39, 0.29) is 5.63 Å². The van der Waals surface area contributed by atoms with Crippen molar-refractivity contribution in [1.29, 1.82) is 0 Å². The first-order valence-corrected chi connectivity index (χ1v) is 9.01. The van der Waals surface area contributed by atoms with Crippen LogP contribution in [-0.4, -0.2) is 19.6 Å². The van der Waals surface area contributed by atoms with E-state index in [1.807, 2.05) is 36.4 Å². The van der Waals surface area contributed by atoms with E-state index in [1.165, 1.54) is 11.8 Å². The third-order valence-corrected chi connectivity index (χ3v) is 5.05. The maximum atomic E-state index is 12.0. The molecule has 0 aliphatic rings. The fraction of sp³-hybridized carbons (Fsp3) is 0.0526. The molecular weight excluding hydrogens is 348 g/mol. The predicted molar refractivity (Wildman–Crippen MR) is 100 cm³/mol. The summed E-state index contributed by atoms with van der Waals surface area (Å²) in [7, 11) is 0. The quantitative estimate of drug-likeness (QED) is 0.278. The summed E-state index contributed by atoms with van der Waals surface area (Å²) in [6.07, 6.45) is 3.49. The summed E-state index contributed by atoms with van der Waals surface area (Å²) in [5.41, 5.74) is 1.15. The number of hydrogen-bond acceptors (Lipinski definition) is 6. The van der Waals surface area contributed by atoms with Gasteiger partial charge in [-0.3, -0.25) is 0 Å². The SMILES string of the molecule is O=c1cc(CSc2nc3ncccn3n2)c2c(ccc3ccccc32)o1. The second-order valence-corrected chi connectivity index (χ2v) is 6.74. The third-order valence-electron chi connectivity index (χ3n) is 4.17. The van der Waals surface area contributed by atoms with Gasteiger partial charge in [-0.25, -0.2) is 14.3 Å². The molecule has 0 unspecified atom stereocenters.